The van der Waals surface area contributed by atoms with Gasteiger partial charge in [-0.25, -0.2) is 9.97 Å². The van der Waals surface area contributed by atoms with Crippen LogP contribution < -0.4 is 5.32 Å². The van der Waals surface area contributed by atoms with E-state index in [9.17, 15) is 0 Å². The summed E-state index contributed by atoms with van der Waals surface area (Å²) in [6, 6.07) is 6.37. The molecule has 2 aromatic heterocycles. The molecule has 4 heteroatoms. The molecule has 0 aliphatic carbocycles. The summed E-state index contributed by atoms with van der Waals surface area (Å²) in [4.78, 5) is 10.9. The Bertz CT molecular complexity index is 485. The predicted octanol–water partition coefficient (Wildman–Crippen LogP) is 3.13. The van der Waals surface area contributed by atoms with Crippen molar-refractivity contribution in [3.05, 3.63) is 46.2 Å². The maximum Gasteiger partial charge on any atom is 0.115 e. The van der Waals surface area contributed by atoms with Crippen LogP contribution in [0.15, 0.2) is 30.7 Å². The molecule has 0 bridgehead atoms. The van der Waals surface area contributed by atoms with E-state index >= 15 is 0 Å². The van der Waals surface area contributed by atoms with Crippen LogP contribution in [0, 0.1) is 0 Å². The van der Waals surface area contributed by atoms with Crippen molar-refractivity contribution in [1.82, 2.24) is 15.3 Å². The molecule has 1 N–H and O–H groups in total. The highest BCUT2D eigenvalue weighted by atomic mass is 32.1. The van der Waals surface area contributed by atoms with E-state index in [4.69, 9.17) is 0 Å². The molecule has 2 rings (SSSR count). The Hall–Kier alpha value is -1.26. The molecule has 0 spiro atoms. The van der Waals surface area contributed by atoms with E-state index < -0.39 is 0 Å². The summed E-state index contributed by atoms with van der Waals surface area (Å²) in [5.74, 6) is 0. The van der Waals surface area contributed by atoms with Gasteiger partial charge in [0.15, 0.2) is 0 Å². The van der Waals surface area contributed by atoms with Crippen LogP contribution in [0.5, 0.6) is 0 Å². The van der Waals surface area contributed by atoms with Crippen molar-refractivity contribution < 1.29 is 0 Å². The highest BCUT2D eigenvalue weighted by Crippen LogP contribution is 2.29. The molecule has 2 aromatic rings. The van der Waals surface area contributed by atoms with Crippen molar-refractivity contribution in [2.45, 2.75) is 39.3 Å². The zero-order valence-corrected chi connectivity index (χ0v) is 11.9. The number of nitrogens with zero attached hydrogens (tertiary/aromatic N) is 2. The maximum atomic E-state index is 4.18. The second-order valence-electron chi connectivity index (χ2n) is 5.32. The van der Waals surface area contributed by atoms with E-state index in [2.05, 4.69) is 48.2 Å². The third kappa shape index (κ3) is 3.62. The van der Waals surface area contributed by atoms with Gasteiger partial charge in [0.2, 0.25) is 0 Å². The van der Waals surface area contributed by atoms with Crippen LogP contribution in [0.2, 0.25) is 0 Å². The number of aromatic nitrogens is 2. The number of nitrogens with one attached hydrogen (secondary N) is 1. The lowest BCUT2D eigenvalue weighted by Gasteiger charge is -2.15. The lowest BCUT2D eigenvalue weighted by Crippen LogP contribution is -2.12. The van der Waals surface area contributed by atoms with Crippen molar-refractivity contribution >= 4 is 11.3 Å². The first kappa shape index (κ1) is 13.2. The molecular formula is C14H19N3S. The number of hydrogen-bond acceptors (Lipinski definition) is 4. The minimum atomic E-state index is 0.246. The molecule has 0 saturated carbocycles. The Morgan fingerprint density at radius 3 is 2.61 bits per heavy atom. The maximum absolute atomic E-state index is 4.18. The quantitative estimate of drug-likeness (QED) is 0.919. The summed E-state index contributed by atoms with van der Waals surface area (Å²) in [6.45, 7) is 8.42. The van der Waals surface area contributed by atoms with Crippen LogP contribution in [-0.4, -0.2) is 9.97 Å². The summed E-state index contributed by atoms with van der Waals surface area (Å²) >= 11 is 1.88. The van der Waals surface area contributed by atoms with Gasteiger partial charge in [0.25, 0.3) is 0 Å². The van der Waals surface area contributed by atoms with Gasteiger partial charge in [-0.3, -0.25) is 0 Å². The smallest absolute Gasteiger partial charge is 0.115 e. The van der Waals surface area contributed by atoms with Crippen LogP contribution in [0.1, 0.15) is 36.2 Å². The fraction of sp³-hybridized carbons (Fsp3) is 0.429. The molecule has 0 unspecified atom stereocenters. The summed E-state index contributed by atoms with van der Waals surface area (Å²) in [5.41, 5.74) is 1.27. The van der Waals surface area contributed by atoms with E-state index in [-0.39, 0.29) is 5.41 Å². The summed E-state index contributed by atoms with van der Waals surface area (Å²) in [7, 11) is 0. The van der Waals surface area contributed by atoms with Crippen molar-refractivity contribution in [2.75, 3.05) is 0 Å². The molecular weight excluding hydrogens is 242 g/mol. The van der Waals surface area contributed by atoms with Crippen LogP contribution in [0.4, 0.5) is 0 Å². The molecule has 0 aliphatic rings. The van der Waals surface area contributed by atoms with Crippen LogP contribution in [0.3, 0.4) is 0 Å². The van der Waals surface area contributed by atoms with Crippen molar-refractivity contribution in [3.8, 4) is 0 Å². The zero-order valence-electron chi connectivity index (χ0n) is 11.1. The van der Waals surface area contributed by atoms with Crippen molar-refractivity contribution in [1.29, 1.82) is 0 Å². The van der Waals surface area contributed by atoms with Gasteiger partial charge >= 0.3 is 0 Å². The SMILES string of the molecule is CC(C)(C)c1ccc(CNCc2ccncn2)s1. The highest BCUT2D eigenvalue weighted by molar-refractivity contribution is 7.12. The fourth-order valence-corrected chi connectivity index (χ4v) is 2.65. The third-order valence-electron chi connectivity index (χ3n) is 2.65. The average Bonchev–Trinajstić information content (AvgIpc) is 2.79. The monoisotopic (exact) mass is 261 g/mol. The second kappa shape index (κ2) is 5.59. The van der Waals surface area contributed by atoms with E-state index in [0.717, 1.165) is 18.8 Å². The second-order valence-corrected chi connectivity index (χ2v) is 6.49. The van der Waals surface area contributed by atoms with Crippen LogP contribution in [-0.2, 0) is 18.5 Å². The first-order valence-electron chi connectivity index (χ1n) is 6.10. The van der Waals surface area contributed by atoms with E-state index in [1.165, 1.54) is 9.75 Å². The first-order valence-corrected chi connectivity index (χ1v) is 6.92. The molecule has 0 atom stereocenters. The first-order chi connectivity index (χ1) is 8.55. The Labute approximate surface area is 112 Å². The lowest BCUT2D eigenvalue weighted by atomic mass is 9.95. The molecule has 0 radical (unpaired) electrons. The largest absolute Gasteiger partial charge is 0.306 e. The topological polar surface area (TPSA) is 37.8 Å². The van der Waals surface area contributed by atoms with Gasteiger partial charge in [0, 0.05) is 29.0 Å². The minimum Gasteiger partial charge on any atom is -0.306 e. The Balaban J connectivity index is 1.86. The summed E-state index contributed by atoms with van der Waals surface area (Å²) < 4.78 is 0. The van der Waals surface area contributed by atoms with Gasteiger partial charge in [0.1, 0.15) is 6.33 Å². The summed E-state index contributed by atoms with van der Waals surface area (Å²) in [5, 5.41) is 3.40. The van der Waals surface area contributed by atoms with Gasteiger partial charge < -0.3 is 5.32 Å². The van der Waals surface area contributed by atoms with Gasteiger partial charge in [-0.1, -0.05) is 20.8 Å². The van der Waals surface area contributed by atoms with Gasteiger partial charge in [-0.05, 0) is 23.6 Å². The van der Waals surface area contributed by atoms with Crippen LogP contribution in [0.25, 0.3) is 0 Å². The molecule has 2 heterocycles. The Morgan fingerprint density at radius 1 is 1.17 bits per heavy atom. The molecule has 0 saturated heterocycles. The molecule has 3 nitrogen and oxygen atoms in total. The standard InChI is InChI=1S/C14H19N3S/c1-14(2,3)13-5-4-12(18-13)9-16-8-11-6-7-15-10-17-11/h4-7,10,16H,8-9H2,1-3H3. The van der Waals surface area contributed by atoms with E-state index in [1.807, 2.05) is 17.4 Å². The van der Waals surface area contributed by atoms with Gasteiger partial charge in [-0.15, -0.1) is 11.3 Å². The normalized spacial score (nSPS) is 11.7. The molecule has 18 heavy (non-hydrogen) atoms. The predicted molar refractivity (Wildman–Crippen MR) is 75.6 cm³/mol. The minimum absolute atomic E-state index is 0.246. The number of hydrogen-bond donors (Lipinski definition) is 1. The summed E-state index contributed by atoms with van der Waals surface area (Å²) in [6.07, 6.45) is 3.35. The van der Waals surface area contributed by atoms with E-state index in [1.54, 1.807) is 12.5 Å². The van der Waals surface area contributed by atoms with Crippen molar-refractivity contribution in [3.63, 3.8) is 0 Å². The zero-order chi connectivity index (χ0) is 13.0. The molecule has 0 amide bonds. The molecule has 0 aliphatic heterocycles. The highest BCUT2D eigenvalue weighted by Gasteiger charge is 2.15. The Kier molecular flexibility index (Phi) is 4.09. The van der Waals surface area contributed by atoms with Gasteiger partial charge in [-0.2, -0.15) is 0 Å². The van der Waals surface area contributed by atoms with E-state index in [0.29, 0.717) is 0 Å². The lowest BCUT2D eigenvalue weighted by molar-refractivity contribution is 0.604. The fourth-order valence-electron chi connectivity index (χ4n) is 1.61. The average molecular weight is 261 g/mol. The number of thiophene rings is 1. The number of rotatable bonds is 4. The Morgan fingerprint density at radius 2 is 2.00 bits per heavy atom. The molecule has 0 aromatic carbocycles. The van der Waals surface area contributed by atoms with Gasteiger partial charge in [0.05, 0.1) is 5.69 Å². The molecule has 96 valence electrons. The van der Waals surface area contributed by atoms with Crippen LogP contribution >= 0.6 is 11.3 Å². The third-order valence-corrected chi connectivity index (χ3v) is 4.16. The molecule has 0 fully saturated rings. The van der Waals surface area contributed by atoms with Crippen molar-refractivity contribution in [2.24, 2.45) is 0 Å².